The fourth-order valence-corrected chi connectivity index (χ4v) is 2.24. The highest BCUT2D eigenvalue weighted by molar-refractivity contribution is 5.70. The van der Waals surface area contributed by atoms with Crippen molar-refractivity contribution < 1.29 is 24.2 Å². The lowest BCUT2D eigenvalue weighted by atomic mass is 10.1. The van der Waals surface area contributed by atoms with Gasteiger partial charge in [-0.3, -0.25) is 0 Å². The number of methoxy groups -OCH3 is 1. The molecule has 1 unspecified atom stereocenters. The Kier molecular flexibility index (Phi) is 4.52. The largest absolute Gasteiger partial charge is 0.533 e. The number of hydroxylamine groups is 1. The third-order valence-electron chi connectivity index (χ3n) is 3.63. The van der Waals surface area contributed by atoms with Gasteiger partial charge in [0.1, 0.15) is 11.9 Å². The van der Waals surface area contributed by atoms with Crippen molar-refractivity contribution in [2.24, 2.45) is 0 Å². The lowest BCUT2D eigenvalue weighted by molar-refractivity contribution is 0.0603. The van der Waals surface area contributed by atoms with Crippen LogP contribution >= 0.6 is 0 Å². The summed E-state index contributed by atoms with van der Waals surface area (Å²) < 4.78 is 9.73. The zero-order chi connectivity index (χ0) is 17.1. The second kappa shape index (κ2) is 6.76. The predicted octanol–water partition coefficient (Wildman–Crippen LogP) is 2.67. The average molecular weight is 330 g/mol. The molecule has 126 valence electrons. The first-order valence-corrected chi connectivity index (χ1v) is 7.49. The summed E-state index contributed by atoms with van der Waals surface area (Å²) in [5, 5.41) is 11.6. The standard InChI is InChI=1S/C17H18N2O5/c1-11-5-3-6-13(16(11)20)14-7-4-8-15(18-14)19(9-12-10-23-12)24-17(21)22-2/h3-8,12,20H,9-10H2,1-2H3. The van der Waals surface area contributed by atoms with E-state index < -0.39 is 6.16 Å². The van der Waals surface area contributed by atoms with Crippen LogP contribution in [0.15, 0.2) is 36.4 Å². The molecule has 24 heavy (non-hydrogen) atoms. The minimum atomic E-state index is -0.832. The van der Waals surface area contributed by atoms with Crippen molar-refractivity contribution in [2.75, 3.05) is 25.3 Å². The molecule has 7 nitrogen and oxygen atoms in total. The molecule has 0 aliphatic carbocycles. The monoisotopic (exact) mass is 330 g/mol. The molecule has 1 atom stereocenters. The maximum Gasteiger partial charge on any atom is 0.533 e. The van der Waals surface area contributed by atoms with Crippen LogP contribution in [-0.4, -0.2) is 42.6 Å². The van der Waals surface area contributed by atoms with E-state index in [1.54, 1.807) is 24.3 Å². The lowest BCUT2D eigenvalue weighted by Gasteiger charge is -2.21. The summed E-state index contributed by atoms with van der Waals surface area (Å²) in [7, 11) is 1.24. The van der Waals surface area contributed by atoms with Gasteiger partial charge >= 0.3 is 6.16 Å². The molecule has 0 saturated carbocycles. The first kappa shape index (κ1) is 16.1. The average Bonchev–Trinajstić information content (AvgIpc) is 3.41. The van der Waals surface area contributed by atoms with Gasteiger partial charge in [-0.15, -0.1) is 0 Å². The van der Waals surface area contributed by atoms with Crippen LogP contribution in [0.4, 0.5) is 10.6 Å². The lowest BCUT2D eigenvalue weighted by Crippen LogP contribution is -2.31. The molecule has 1 aliphatic heterocycles. The van der Waals surface area contributed by atoms with Gasteiger partial charge in [-0.25, -0.2) is 9.78 Å². The summed E-state index contributed by atoms with van der Waals surface area (Å²) in [6.45, 7) is 2.78. The van der Waals surface area contributed by atoms with Crippen molar-refractivity contribution >= 4 is 12.0 Å². The Bertz CT molecular complexity index is 746. The first-order valence-electron chi connectivity index (χ1n) is 7.49. The van der Waals surface area contributed by atoms with E-state index in [4.69, 9.17) is 9.57 Å². The van der Waals surface area contributed by atoms with E-state index in [0.29, 0.717) is 30.2 Å². The van der Waals surface area contributed by atoms with Gasteiger partial charge in [-0.1, -0.05) is 18.2 Å². The van der Waals surface area contributed by atoms with Crippen molar-refractivity contribution in [3.8, 4) is 17.0 Å². The van der Waals surface area contributed by atoms with Crippen LogP contribution in [0.2, 0.25) is 0 Å². The highest BCUT2D eigenvalue weighted by atomic mass is 16.8. The van der Waals surface area contributed by atoms with E-state index in [2.05, 4.69) is 9.72 Å². The maximum atomic E-state index is 11.5. The number of para-hydroxylation sites is 1. The van der Waals surface area contributed by atoms with Gasteiger partial charge < -0.3 is 19.4 Å². The van der Waals surface area contributed by atoms with E-state index in [9.17, 15) is 9.90 Å². The number of ether oxygens (including phenoxy) is 2. The van der Waals surface area contributed by atoms with Gasteiger partial charge in [0, 0.05) is 5.56 Å². The fraction of sp³-hybridized carbons (Fsp3) is 0.294. The Balaban J connectivity index is 1.91. The van der Waals surface area contributed by atoms with Gasteiger partial charge in [0.2, 0.25) is 0 Å². The topological polar surface area (TPSA) is 84.4 Å². The van der Waals surface area contributed by atoms with Crippen LogP contribution in [0.25, 0.3) is 11.3 Å². The molecule has 1 saturated heterocycles. The SMILES string of the molecule is COC(=O)ON(CC1CO1)c1cccc(-c2cccc(C)c2O)n1. The minimum Gasteiger partial charge on any atom is -0.507 e. The number of phenolic OH excluding ortho intramolecular Hbond substituents is 1. The molecule has 1 fully saturated rings. The molecule has 2 aromatic rings. The molecule has 1 aromatic carbocycles. The van der Waals surface area contributed by atoms with Crippen molar-refractivity contribution in [3.63, 3.8) is 0 Å². The van der Waals surface area contributed by atoms with E-state index in [1.807, 2.05) is 19.1 Å². The van der Waals surface area contributed by atoms with E-state index >= 15 is 0 Å². The molecule has 1 aromatic heterocycles. The molecule has 0 radical (unpaired) electrons. The number of pyridine rings is 1. The second-order valence-electron chi connectivity index (χ2n) is 5.41. The number of aryl methyl sites for hydroxylation is 1. The number of aromatic nitrogens is 1. The van der Waals surface area contributed by atoms with Crippen LogP contribution in [-0.2, 0) is 14.3 Å². The molecule has 7 heteroatoms. The zero-order valence-corrected chi connectivity index (χ0v) is 13.4. The number of carbonyl (C=O) groups excluding carboxylic acids is 1. The Morgan fingerprint density at radius 2 is 2.12 bits per heavy atom. The minimum absolute atomic E-state index is 0.00696. The van der Waals surface area contributed by atoms with Crippen LogP contribution in [0.1, 0.15) is 5.56 Å². The molecular weight excluding hydrogens is 312 g/mol. The van der Waals surface area contributed by atoms with Crippen LogP contribution < -0.4 is 5.06 Å². The summed E-state index contributed by atoms with van der Waals surface area (Å²) in [5.74, 6) is 0.599. The molecular formula is C17H18N2O5. The van der Waals surface area contributed by atoms with Crippen LogP contribution in [0.5, 0.6) is 5.75 Å². The number of aromatic hydroxyl groups is 1. The number of rotatable bonds is 5. The summed E-state index contributed by atoms with van der Waals surface area (Å²) >= 11 is 0. The van der Waals surface area contributed by atoms with Crippen molar-refractivity contribution in [2.45, 2.75) is 13.0 Å². The summed E-state index contributed by atoms with van der Waals surface area (Å²) in [6.07, 6.45) is -0.839. The zero-order valence-electron chi connectivity index (χ0n) is 13.4. The Morgan fingerprint density at radius 1 is 1.38 bits per heavy atom. The van der Waals surface area contributed by atoms with Gasteiger partial charge in [-0.2, -0.15) is 5.06 Å². The fourth-order valence-electron chi connectivity index (χ4n) is 2.24. The highest BCUT2D eigenvalue weighted by Gasteiger charge is 2.29. The first-order chi connectivity index (χ1) is 11.6. The molecule has 1 N–H and O–H groups in total. The van der Waals surface area contributed by atoms with Gasteiger partial charge in [0.25, 0.3) is 0 Å². The molecule has 2 heterocycles. The normalized spacial score (nSPS) is 15.7. The van der Waals surface area contributed by atoms with Crippen molar-refractivity contribution in [1.29, 1.82) is 0 Å². The second-order valence-corrected chi connectivity index (χ2v) is 5.41. The maximum absolute atomic E-state index is 11.5. The number of phenols is 1. The molecule has 1 aliphatic rings. The summed E-state index contributed by atoms with van der Waals surface area (Å²) in [4.78, 5) is 21.1. The quantitative estimate of drug-likeness (QED) is 0.512. The number of hydrogen-bond acceptors (Lipinski definition) is 7. The third-order valence-corrected chi connectivity index (χ3v) is 3.63. The molecule has 0 spiro atoms. The predicted molar refractivity (Wildman–Crippen MR) is 86.7 cm³/mol. The highest BCUT2D eigenvalue weighted by Crippen LogP contribution is 2.31. The molecule has 3 rings (SSSR count). The Hall–Kier alpha value is -2.80. The Morgan fingerprint density at radius 3 is 2.83 bits per heavy atom. The number of carbonyl (C=O) groups is 1. The van der Waals surface area contributed by atoms with Crippen LogP contribution in [0, 0.1) is 6.92 Å². The van der Waals surface area contributed by atoms with Crippen LogP contribution in [0.3, 0.4) is 0 Å². The number of epoxide rings is 1. The van der Waals surface area contributed by atoms with Crippen molar-refractivity contribution in [1.82, 2.24) is 4.98 Å². The van der Waals surface area contributed by atoms with E-state index in [1.165, 1.54) is 12.2 Å². The number of benzene rings is 1. The summed E-state index contributed by atoms with van der Waals surface area (Å²) in [6, 6.07) is 10.7. The Labute approximate surface area is 139 Å². The van der Waals surface area contributed by atoms with Gasteiger partial charge in [-0.05, 0) is 30.7 Å². The smallest absolute Gasteiger partial charge is 0.507 e. The molecule has 0 bridgehead atoms. The number of hydrogen-bond donors (Lipinski definition) is 1. The molecule has 0 amide bonds. The van der Waals surface area contributed by atoms with Gasteiger partial charge in [0.05, 0.1) is 26.0 Å². The van der Waals surface area contributed by atoms with Crippen molar-refractivity contribution in [3.05, 3.63) is 42.0 Å². The van der Waals surface area contributed by atoms with E-state index in [-0.39, 0.29) is 11.9 Å². The van der Waals surface area contributed by atoms with E-state index in [0.717, 1.165) is 5.56 Å². The van der Waals surface area contributed by atoms with Gasteiger partial charge in [0.15, 0.2) is 5.82 Å². The third kappa shape index (κ3) is 3.57. The number of nitrogens with zero attached hydrogens (tertiary/aromatic N) is 2. The summed E-state index contributed by atoms with van der Waals surface area (Å²) in [5.41, 5.74) is 1.94. The number of anilines is 1.